The number of rotatable bonds is 11. The molecule has 52 heavy (non-hydrogen) atoms. The molecule has 0 radical (unpaired) electrons. The van der Waals surface area contributed by atoms with Crippen LogP contribution in [0.25, 0.3) is 0 Å². The molecule has 0 unspecified atom stereocenters. The van der Waals surface area contributed by atoms with Crippen LogP contribution in [0.15, 0.2) is 47.5 Å². The number of halogens is 1. The van der Waals surface area contributed by atoms with Crippen molar-refractivity contribution in [2.75, 3.05) is 0 Å². The zero-order valence-electron chi connectivity index (χ0n) is 31.2. The molecule has 0 aliphatic carbocycles. The van der Waals surface area contributed by atoms with Gasteiger partial charge in [0.1, 0.15) is 40.2 Å². The van der Waals surface area contributed by atoms with Gasteiger partial charge in [-0.25, -0.2) is 19.4 Å². The van der Waals surface area contributed by atoms with E-state index in [-0.39, 0.29) is 27.7 Å². The van der Waals surface area contributed by atoms with E-state index < -0.39 is 75.9 Å². The highest BCUT2D eigenvalue weighted by Crippen LogP contribution is 2.27. The first-order valence-corrected chi connectivity index (χ1v) is 17.9. The Morgan fingerprint density at radius 3 is 1.88 bits per heavy atom. The van der Waals surface area contributed by atoms with E-state index >= 15 is 0 Å². The highest BCUT2D eigenvalue weighted by atomic mass is 35.5. The summed E-state index contributed by atoms with van der Waals surface area (Å²) < 4.78 is 51.0. The van der Waals surface area contributed by atoms with Crippen molar-refractivity contribution < 1.29 is 51.3 Å². The molecule has 2 amide bonds. The van der Waals surface area contributed by atoms with Gasteiger partial charge in [-0.3, -0.25) is 14.9 Å². The number of hydrogen-bond donors (Lipinski definition) is 2. The third-order valence-electron chi connectivity index (χ3n) is 5.99. The van der Waals surface area contributed by atoms with Crippen molar-refractivity contribution >= 4 is 63.2 Å². The number of hydrogen-bond acceptors (Lipinski definition) is 12. The molecule has 0 heterocycles. The molecular formula is C35H47ClN4O11S. The van der Waals surface area contributed by atoms with Gasteiger partial charge in [-0.05, 0) is 118 Å². The quantitative estimate of drug-likeness (QED) is 0.0845. The number of amidine groups is 1. The van der Waals surface area contributed by atoms with Crippen LogP contribution >= 0.6 is 11.6 Å². The summed E-state index contributed by atoms with van der Waals surface area (Å²) in [6.45, 7) is 16.6. The number of carbonyl (C=O) groups excluding carboxylic acids is 5. The maximum absolute atomic E-state index is 13.6. The number of nitrogens with one attached hydrogen (secondary N) is 2. The molecule has 2 N–H and O–H groups in total. The third kappa shape index (κ3) is 15.4. The van der Waals surface area contributed by atoms with Crippen molar-refractivity contribution in [3.8, 4) is 5.75 Å². The second-order valence-electron chi connectivity index (χ2n) is 14.6. The van der Waals surface area contributed by atoms with E-state index in [9.17, 15) is 32.4 Å². The van der Waals surface area contributed by atoms with Gasteiger partial charge in [0.2, 0.25) is 0 Å². The number of Topliss-reactive ketones (excluding diaryl/α,β-unsaturated/α-hetero) is 1. The van der Waals surface area contributed by atoms with Gasteiger partial charge >= 0.3 is 34.3 Å². The van der Waals surface area contributed by atoms with Gasteiger partial charge in [0.05, 0.1) is 17.8 Å². The summed E-state index contributed by atoms with van der Waals surface area (Å²) in [5.74, 6) is -2.00. The minimum absolute atomic E-state index is 0.00880. The zero-order chi connectivity index (χ0) is 39.8. The van der Waals surface area contributed by atoms with Crippen molar-refractivity contribution in [3.05, 3.63) is 58.6 Å². The summed E-state index contributed by atoms with van der Waals surface area (Å²) in [4.78, 5) is 67.1. The first-order valence-electron chi connectivity index (χ1n) is 16.1. The van der Waals surface area contributed by atoms with E-state index in [1.165, 1.54) is 70.2 Å². The molecule has 0 spiro atoms. The standard InChI is InChI=1S/C35H47ClN4O11S/c1-21(41)18-28(30(43)49-33(3,4)5)39-52(46,47)40(32(45)51-35(9,10)11)20-24-14-17-26(19-27(24)36)48-29(42)23-12-15-25(16-13-23)37-22(2)38-31(44)50-34(6,7)8/h12-17,19,28,39H,18,20H2,1-11H3,(H,37,38,44)/t28-/m0/s1. The van der Waals surface area contributed by atoms with Gasteiger partial charge in [0.25, 0.3) is 0 Å². The molecule has 0 fully saturated rings. The highest BCUT2D eigenvalue weighted by molar-refractivity contribution is 7.87. The average molecular weight is 767 g/mol. The van der Waals surface area contributed by atoms with Gasteiger partial charge in [-0.2, -0.15) is 17.4 Å². The van der Waals surface area contributed by atoms with E-state index in [2.05, 4.69) is 15.0 Å². The maximum Gasteiger partial charge on any atom is 0.425 e. The van der Waals surface area contributed by atoms with Crippen LogP contribution in [-0.2, 0) is 40.6 Å². The number of amides is 2. The van der Waals surface area contributed by atoms with Crippen LogP contribution in [0, 0.1) is 0 Å². The second-order valence-corrected chi connectivity index (χ2v) is 16.6. The lowest BCUT2D eigenvalue weighted by Gasteiger charge is -2.29. The topological polar surface area (TPSA) is 196 Å². The lowest BCUT2D eigenvalue weighted by atomic mass is 10.1. The Kier molecular flexibility index (Phi) is 14.5. The molecule has 2 rings (SSSR count). The van der Waals surface area contributed by atoms with Crippen molar-refractivity contribution in [1.29, 1.82) is 0 Å². The molecule has 2 aromatic rings. The number of ketones is 1. The zero-order valence-corrected chi connectivity index (χ0v) is 32.8. The fraction of sp³-hybridized carbons (Fsp3) is 0.486. The lowest BCUT2D eigenvalue weighted by Crippen LogP contribution is -2.52. The van der Waals surface area contributed by atoms with Crippen molar-refractivity contribution in [3.63, 3.8) is 0 Å². The molecule has 1 atom stereocenters. The summed E-state index contributed by atoms with van der Waals surface area (Å²) in [5, 5.41) is 2.45. The molecule has 0 saturated carbocycles. The third-order valence-corrected chi connectivity index (χ3v) is 7.78. The van der Waals surface area contributed by atoms with Crippen LogP contribution in [0.3, 0.4) is 0 Å². The Hall–Kier alpha value is -4.54. The Balaban J connectivity index is 2.28. The normalized spacial score (nSPS) is 13.0. The van der Waals surface area contributed by atoms with Crippen LogP contribution in [0.4, 0.5) is 15.3 Å². The fourth-order valence-corrected chi connectivity index (χ4v) is 5.46. The Labute approximate surface area is 309 Å². The molecule has 0 aromatic heterocycles. The molecule has 0 saturated heterocycles. The largest absolute Gasteiger partial charge is 0.459 e. The molecule has 2 aromatic carbocycles. The number of nitrogens with zero attached hydrogens (tertiary/aromatic N) is 2. The number of esters is 2. The predicted octanol–water partition coefficient (Wildman–Crippen LogP) is 6.39. The summed E-state index contributed by atoms with van der Waals surface area (Å²) in [5.41, 5.74) is -2.08. The van der Waals surface area contributed by atoms with Gasteiger partial charge in [-0.15, -0.1) is 0 Å². The summed E-state index contributed by atoms with van der Waals surface area (Å²) >= 11 is 6.47. The van der Waals surface area contributed by atoms with E-state index in [4.69, 9.17) is 30.5 Å². The lowest BCUT2D eigenvalue weighted by molar-refractivity contribution is -0.157. The first kappa shape index (κ1) is 43.6. The minimum atomic E-state index is -4.87. The van der Waals surface area contributed by atoms with E-state index in [0.717, 1.165) is 0 Å². The van der Waals surface area contributed by atoms with Crippen LogP contribution in [0.5, 0.6) is 5.75 Å². The Morgan fingerprint density at radius 1 is 0.827 bits per heavy atom. The Bertz CT molecular complexity index is 1790. The number of ether oxygens (including phenoxy) is 4. The molecule has 286 valence electrons. The second kappa shape index (κ2) is 17.3. The molecular weight excluding hydrogens is 720 g/mol. The van der Waals surface area contributed by atoms with Crippen molar-refractivity contribution in [2.24, 2.45) is 4.99 Å². The maximum atomic E-state index is 13.6. The van der Waals surface area contributed by atoms with E-state index in [1.807, 2.05) is 0 Å². The number of aliphatic imine (C=N–C) groups is 1. The molecule has 0 bridgehead atoms. The summed E-state index contributed by atoms with van der Waals surface area (Å²) in [7, 11) is -4.87. The number of carbonyl (C=O) groups is 5. The molecule has 0 aliphatic rings. The minimum Gasteiger partial charge on any atom is -0.459 e. The van der Waals surface area contributed by atoms with Crippen molar-refractivity contribution in [2.45, 2.75) is 112 Å². The molecule has 15 nitrogen and oxygen atoms in total. The van der Waals surface area contributed by atoms with Crippen molar-refractivity contribution in [1.82, 2.24) is 14.3 Å². The number of benzene rings is 2. The summed E-state index contributed by atoms with van der Waals surface area (Å²) in [6, 6.07) is 8.30. The monoisotopic (exact) mass is 766 g/mol. The molecule has 17 heteroatoms. The van der Waals surface area contributed by atoms with Crippen LogP contribution in [0.2, 0.25) is 5.02 Å². The Morgan fingerprint density at radius 2 is 1.38 bits per heavy atom. The fourth-order valence-electron chi connectivity index (χ4n) is 4.02. The smallest absolute Gasteiger partial charge is 0.425 e. The van der Waals surface area contributed by atoms with Crippen LogP contribution in [-0.4, -0.2) is 71.3 Å². The SMILES string of the molecule is CC(=O)C[C@H](NS(=O)(=O)N(Cc1ccc(OC(=O)c2ccc(N=C(C)NC(=O)OC(C)(C)C)cc2)cc1Cl)C(=O)OC(C)(C)C)C(=O)OC(C)(C)C. The van der Waals surface area contributed by atoms with Gasteiger partial charge in [0, 0.05) is 11.4 Å². The molecule has 0 aliphatic heterocycles. The van der Waals surface area contributed by atoms with E-state index in [1.54, 1.807) is 48.5 Å². The highest BCUT2D eigenvalue weighted by Gasteiger charge is 2.37. The predicted molar refractivity (Wildman–Crippen MR) is 194 cm³/mol. The summed E-state index contributed by atoms with van der Waals surface area (Å²) in [6.07, 6.45) is -2.50. The van der Waals surface area contributed by atoms with E-state index in [0.29, 0.717) is 9.99 Å². The van der Waals surface area contributed by atoms with Crippen LogP contribution < -0.4 is 14.8 Å². The van der Waals surface area contributed by atoms with Crippen LogP contribution in [0.1, 0.15) is 98.5 Å². The van der Waals surface area contributed by atoms with Gasteiger partial charge in [-0.1, -0.05) is 17.7 Å². The number of alkyl carbamates (subject to hydrolysis) is 1. The van der Waals surface area contributed by atoms with Gasteiger partial charge < -0.3 is 18.9 Å². The van der Waals surface area contributed by atoms with Gasteiger partial charge in [0.15, 0.2) is 0 Å². The average Bonchev–Trinajstić information content (AvgIpc) is 2.93. The first-order chi connectivity index (χ1) is 23.6.